The molecule has 0 spiro atoms. The molecule has 0 unspecified atom stereocenters. The number of aromatic nitrogens is 1. The van der Waals surface area contributed by atoms with Gasteiger partial charge in [-0.25, -0.2) is 4.98 Å². The molecule has 2 aromatic rings. The molecule has 6 nitrogen and oxygen atoms in total. The van der Waals surface area contributed by atoms with E-state index in [1.807, 2.05) is 62.4 Å². The molecule has 0 atom stereocenters. The maximum Gasteiger partial charge on any atom is 0.234 e. The summed E-state index contributed by atoms with van der Waals surface area (Å²) in [5, 5.41) is 5.43. The van der Waals surface area contributed by atoms with E-state index in [0.29, 0.717) is 18.2 Å². The Morgan fingerprint density at radius 2 is 1.88 bits per heavy atom. The fourth-order valence-electron chi connectivity index (χ4n) is 2.54. The van der Waals surface area contributed by atoms with Crippen molar-refractivity contribution in [3.63, 3.8) is 0 Å². The van der Waals surface area contributed by atoms with Gasteiger partial charge in [0.2, 0.25) is 11.8 Å². The Hall–Kier alpha value is -2.25. The van der Waals surface area contributed by atoms with Gasteiger partial charge in [-0.1, -0.05) is 17.7 Å². The van der Waals surface area contributed by atoms with Crippen LogP contribution in [0.25, 0.3) is 0 Å². The minimum absolute atomic E-state index is 0.0111. The Labute approximate surface area is 158 Å². The first-order chi connectivity index (χ1) is 12.3. The van der Waals surface area contributed by atoms with Gasteiger partial charge >= 0.3 is 0 Å². The molecule has 0 saturated carbocycles. The van der Waals surface area contributed by atoms with Gasteiger partial charge in [0, 0.05) is 24.9 Å². The Kier molecular flexibility index (Phi) is 6.88. The molecule has 140 valence electrons. The van der Waals surface area contributed by atoms with Crippen LogP contribution in [0.5, 0.6) is 0 Å². The molecule has 0 fully saturated rings. The molecule has 0 saturated heterocycles. The maximum atomic E-state index is 12.1. The van der Waals surface area contributed by atoms with Gasteiger partial charge in [0.05, 0.1) is 17.9 Å². The zero-order valence-electron chi connectivity index (χ0n) is 15.9. The van der Waals surface area contributed by atoms with Gasteiger partial charge in [0.1, 0.15) is 0 Å². The molecular weight excluding hydrogens is 348 g/mol. The largest absolute Gasteiger partial charge is 0.353 e. The molecule has 2 amide bonds. The van der Waals surface area contributed by atoms with Gasteiger partial charge in [0.25, 0.3) is 0 Å². The molecule has 1 aromatic carbocycles. The second-order valence-corrected chi connectivity index (χ2v) is 7.54. The smallest absolute Gasteiger partial charge is 0.234 e. The van der Waals surface area contributed by atoms with E-state index in [2.05, 4.69) is 10.3 Å². The van der Waals surface area contributed by atoms with Crippen molar-refractivity contribution in [2.24, 2.45) is 0 Å². The van der Waals surface area contributed by atoms with Crippen LogP contribution in [0.2, 0.25) is 0 Å². The Balaban J connectivity index is 2.08. The lowest BCUT2D eigenvalue weighted by atomic mass is 10.2. The number of nitrogens with zero attached hydrogens (tertiary/aromatic N) is 3. The first kappa shape index (κ1) is 20.1. The third-order valence-electron chi connectivity index (χ3n) is 3.63. The molecule has 0 bridgehead atoms. The predicted octanol–water partition coefficient (Wildman–Crippen LogP) is 3.09. The number of likely N-dealkylation sites (N-methyl/N-ethyl adjacent to an activating group) is 1. The summed E-state index contributed by atoms with van der Waals surface area (Å²) in [6, 6.07) is 7.91. The number of thiazole rings is 1. The average Bonchev–Trinajstić information content (AvgIpc) is 2.95. The molecule has 1 aromatic heterocycles. The van der Waals surface area contributed by atoms with E-state index >= 15 is 0 Å². The molecule has 1 heterocycles. The van der Waals surface area contributed by atoms with Crippen LogP contribution in [-0.4, -0.2) is 41.3 Å². The molecule has 26 heavy (non-hydrogen) atoms. The van der Waals surface area contributed by atoms with Crippen LogP contribution in [-0.2, 0) is 16.1 Å². The zero-order valence-corrected chi connectivity index (χ0v) is 16.8. The SMILES string of the molecule is CC(=O)N(c1ccc(C)cc1)c1nc(CN(C)CC(=O)NC(C)C)cs1. The number of carbonyl (C=O) groups is 2. The highest BCUT2D eigenvalue weighted by Crippen LogP contribution is 2.29. The van der Waals surface area contributed by atoms with Gasteiger partial charge in [-0.2, -0.15) is 0 Å². The molecule has 2 rings (SSSR count). The number of anilines is 2. The first-order valence-electron chi connectivity index (χ1n) is 8.56. The fourth-order valence-corrected chi connectivity index (χ4v) is 3.42. The highest BCUT2D eigenvalue weighted by molar-refractivity contribution is 7.14. The second-order valence-electron chi connectivity index (χ2n) is 6.71. The van der Waals surface area contributed by atoms with E-state index in [1.54, 1.807) is 4.90 Å². The van der Waals surface area contributed by atoms with E-state index in [9.17, 15) is 9.59 Å². The number of hydrogen-bond acceptors (Lipinski definition) is 5. The number of aryl methyl sites for hydroxylation is 1. The third kappa shape index (κ3) is 5.64. The van der Waals surface area contributed by atoms with Crippen LogP contribution in [0.15, 0.2) is 29.6 Å². The van der Waals surface area contributed by atoms with E-state index in [1.165, 1.54) is 18.3 Å². The lowest BCUT2D eigenvalue weighted by Crippen LogP contribution is -2.38. The lowest BCUT2D eigenvalue weighted by Gasteiger charge is -2.18. The van der Waals surface area contributed by atoms with E-state index in [-0.39, 0.29) is 17.9 Å². The van der Waals surface area contributed by atoms with E-state index < -0.39 is 0 Å². The molecule has 0 radical (unpaired) electrons. The summed E-state index contributed by atoms with van der Waals surface area (Å²) in [6.45, 7) is 8.26. The summed E-state index contributed by atoms with van der Waals surface area (Å²) >= 11 is 1.42. The highest BCUT2D eigenvalue weighted by atomic mass is 32.1. The van der Waals surface area contributed by atoms with Crippen LogP contribution < -0.4 is 10.2 Å². The third-order valence-corrected chi connectivity index (χ3v) is 4.51. The number of hydrogen-bond donors (Lipinski definition) is 1. The van der Waals surface area contributed by atoms with Gasteiger partial charge in [-0.15, -0.1) is 11.3 Å². The minimum Gasteiger partial charge on any atom is -0.353 e. The number of rotatable bonds is 7. The summed E-state index contributed by atoms with van der Waals surface area (Å²) in [6.07, 6.45) is 0. The topological polar surface area (TPSA) is 65.5 Å². The van der Waals surface area contributed by atoms with Gasteiger partial charge in [0.15, 0.2) is 5.13 Å². The molecule has 0 aliphatic rings. The van der Waals surface area contributed by atoms with Crippen molar-refractivity contribution in [2.45, 2.75) is 40.3 Å². The van der Waals surface area contributed by atoms with Gasteiger partial charge in [-0.05, 0) is 40.0 Å². The Morgan fingerprint density at radius 1 is 1.23 bits per heavy atom. The van der Waals surface area contributed by atoms with Crippen LogP contribution in [0.1, 0.15) is 32.0 Å². The molecular formula is C19H26N4O2S. The average molecular weight is 375 g/mol. The van der Waals surface area contributed by atoms with Crippen LogP contribution in [0, 0.1) is 6.92 Å². The normalized spacial score (nSPS) is 11.0. The zero-order chi connectivity index (χ0) is 19.3. The summed E-state index contributed by atoms with van der Waals surface area (Å²) < 4.78 is 0. The number of benzene rings is 1. The van der Waals surface area contributed by atoms with E-state index in [4.69, 9.17) is 0 Å². The summed E-state index contributed by atoms with van der Waals surface area (Å²) in [5.41, 5.74) is 2.77. The lowest BCUT2D eigenvalue weighted by molar-refractivity contribution is -0.122. The highest BCUT2D eigenvalue weighted by Gasteiger charge is 2.18. The van der Waals surface area contributed by atoms with Crippen molar-refractivity contribution < 1.29 is 9.59 Å². The van der Waals surface area contributed by atoms with Gasteiger partial charge < -0.3 is 5.32 Å². The number of amides is 2. The van der Waals surface area contributed by atoms with Crippen LogP contribution >= 0.6 is 11.3 Å². The summed E-state index contributed by atoms with van der Waals surface area (Å²) in [5.74, 6) is -0.0950. The van der Waals surface area contributed by atoms with Crippen molar-refractivity contribution in [3.05, 3.63) is 40.9 Å². The Morgan fingerprint density at radius 3 is 2.46 bits per heavy atom. The van der Waals surface area contributed by atoms with Crippen molar-refractivity contribution in [2.75, 3.05) is 18.5 Å². The molecule has 0 aliphatic heterocycles. The monoisotopic (exact) mass is 374 g/mol. The van der Waals surface area contributed by atoms with Crippen LogP contribution in [0.3, 0.4) is 0 Å². The summed E-state index contributed by atoms with van der Waals surface area (Å²) in [4.78, 5) is 32.1. The van der Waals surface area contributed by atoms with Crippen molar-refractivity contribution in [1.29, 1.82) is 0 Å². The quantitative estimate of drug-likeness (QED) is 0.809. The standard InChI is InChI=1S/C19H26N4O2S/c1-13(2)20-18(25)11-22(5)10-16-12-26-19(21-16)23(15(4)24)17-8-6-14(3)7-9-17/h6-9,12-13H,10-11H2,1-5H3,(H,20,25). The van der Waals surface area contributed by atoms with Gasteiger partial charge in [-0.3, -0.25) is 19.4 Å². The van der Waals surface area contributed by atoms with Crippen molar-refractivity contribution >= 4 is 34.0 Å². The second kappa shape index (κ2) is 8.91. The van der Waals surface area contributed by atoms with Crippen molar-refractivity contribution in [3.8, 4) is 0 Å². The number of carbonyl (C=O) groups excluding carboxylic acids is 2. The van der Waals surface area contributed by atoms with Crippen LogP contribution in [0.4, 0.5) is 10.8 Å². The Bertz CT molecular complexity index is 755. The maximum absolute atomic E-state index is 12.1. The first-order valence-corrected chi connectivity index (χ1v) is 9.44. The number of nitrogens with one attached hydrogen (secondary N) is 1. The fraction of sp³-hybridized carbons (Fsp3) is 0.421. The van der Waals surface area contributed by atoms with E-state index in [0.717, 1.165) is 16.9 Å². The minimum atomic E-state index is -0.0839. The molecule has 7 heteroatoms. The molecule has 1 N–H and O–H groups in total. The predicted molar refractivity (Wildman–Crippen MR) is 106 cm³/mol. The van der Waals surface area contributed by atoms with Crippen molar-refractivity contribution in [1.82, 2.24) is 15.2 Å². The molecule has 0 aliphatic carbocycles. The summed E-state index contributed by atoms with van der Waals surface area (Å²) in [7, 11) is 1.88.